The fourth-order valence-corrected chi connectivity index (χ4v) is 1.46. The average molecular weight is 146 g/mol. The molecule has 2 saturated heterocycles. The van der Waals surface area contributed by atoms with Crippen LogP contribution in [0, 0.1) is 0 Å². The number of rotatable bonds is 0. The van der Waals surface area contributed by atoms with Gasteiger partial charge in [0.1, 0.15) is 24.4 Å². The van der Waals surface area contributed by atoms with Crippen LogP contribution in [0.2, 0.25) is 0 Å². The Hall–Kier alpha value is -0.160. The maximum atomic E-state index is 9.16. The summed E-state index contributed by atoms with van der Waals surface area (Å²) in [4.78, 5) is 0. The zero-order chi connectivity index (χ0) is 7.14. The van der Waals surface area contributed by atoms with Gasteiger partial charge in [-0.2, -0.15) is 0 Å². The Morgan fingerprint density at radius 3 is 1.70 bits per heavy atom. The predicted molar refractivity (Wildman–Crippen MR) is 31.5 cm³/mol. The Morgan fingerprint density at radius 1 is 0.900 bits per heavy atom. The highest BCUT2D eigenvalue weighted by Gasteiger charge is 2.46. The standard InChI is InChI=1S/C6H10O4/c7-3-1-9-6-4(8)2-10-5(3)6/h3-8H,1-2H2/t3-,4+,5-,6?/m1/s1. The molecular weight excluding hydrogens is 136 g/mol. The minimum atomic E-state index is -0.554. The largest absolute Gasteiger partial charge is 0.388 e. The van der Waals surface area contributed by atoms with Crippen LogP contribution in [0.3, 0.4) is 0 Å². The molecule has 2 fully saturated rings. The lowest BCUT2D eigenvalue weighted by molar-refractivity contribution is 0.00205. The second kappa shape index (κ2) is 2.17. The molecule has 2 aliphatic rings. The first-order valence-corrected chi connectivity index (χ1v) is 3.38. The maximum absolute atomic E-state index is 9.16. The Morgan fingerprint density at radius 2 is 1.30 bits per heavy atom. The second-order valence-corrected chi connectivity index (χ2v) is 2.73. The normalized spacial score (nSPS) is 53.4. The lowest BCUT2D eigenvalue weighted by Crippen LogP contribution is -2.30. The van der Waals surface area contributed by atoms with E-state index in [1.165, 1.54) is 0 Å². The van der Waals surface area contributed by atoms with Crippen LogP contribution in [0.25, 0.3) is 0 Å². The van der Waals surface area contributed by atoms with Gasteiger partial charge < -0.3 is 19.7 Å². The maximum Gasteiger partial charge on any atom is 0.114 e. The van der Waals surface area contributed by atoms with Crippen LogP contribution in [0.4, 0.5) is 0 Å². The zero-order valence-electron chi connectivity index (χ0n) is 5.43. The van der Waals surface area contributed by atoms with Gasteiger partial charge in [0.2, 0.25) is 0 Å². The summed E-state index contributed by atoms with van der Waals surface area (Å²) in [7, 11) is 0. The molecule has 0 amide bonds. The van der Waals surface area contributed by atoms with Crippen molar-refractivity contribution in [2.24, 2.45) is 0 Å². The lowest BCUT2D eigenvalue weighted by Gasteiger charge is -2.09. The Labute approximate surface area is 58.4 Å². The van der Waals surface area contributed by atoms with Crippen LogP contribution >= 0.6 is 0 Å². The summed E-state index contributed by atoms with van der Waals surface area (Å²) in [5, 5.41) is 18.3. The van der Waals surface area contributed by atoms with E-state index in [4.69, 9.17) is 19.7 Å². The quantitative estimate of drug-likeness (QED) is 0.437. The SMILES string of the molecule is O[C@@H]1COC2[C@@H](O)CO[C@@H]21. The molecule has 0 aromatic rings. The van der Waals surface area contributed by atoms with Gasteiger partial charge >= 0.3 is 0 Å². The van der Waals surface area contributed by atoms with Gasteiger partial charge in [-0.3, -0.25) is 0 Å². The highest BCUT2D eigenvalue weighted by atomic mass is 16.6. The van der Waals surface area contributed by atoms with Crippen molar-refractivity contribution in [1.82, 2.24) is 0 Å². The molecule has 4 atom stereocenters. The summed E-state index contributed by atoms with van der Waals surface area (Å²) in [6, 6.07) is 0. The molecule has 0 radical (unpaired) electrons. The lowest BCUT2D eigenvalue weighted by atomic mass is 10.1. The molecule has 2 N–H and O–H groups in total. The van der Waals surface area contributed by atoms with E-state index in [0.717, 1.165) is 0 Å². The van der Waals surface area contributed by atoms with Gasteiger partial charge in [-0.05, 0) is 0 Å². The summed E-state index contributed by atoms with van der Waals surface area (Å²) in [5.74, 6) is 0. The van der Waals surface area contributed by atoms with E-state index in [9.17, 15) is 0 Å². The van der Waals surface area contributed by atoms with Crippen LogP contribution in [-0.4, -0.2) is 47.8 Å². The van der Waals surface area contributed by atoms with E-state index in [-0.39, 0.29) is 25.4 Å². The van der Waals surface area contributed by atoms with Gasteiger partial charge in [0.15, 0.2) is 0 Å². The first-order chi connectivity index (χ1) is 4.79. The Bertz CT molecular complexity index is 122. The topological polar surface area (TPSA) is 58.9 Å². The molecule has 0 saturated carbocycles. The van der Waals surface area contributed by atoms with E-state index in [0.29, 0.717) is 0 Å². The summed E-state index contributed by atoms with van der Waals surface area (Å²) in [5.41, 5.74) is 0. The van der Waals surface area contributed by atoms with E-state index in [2.05, 4.69) is 0 Å². The van der Waals surface area contributed by atoms with Crippen molar-refractivity contribution >= 4 is 0 Å². The van der Waals surface area contributed by atoms with E-state index < -0.39 is 12.2 Å². The third kappa shape index (κ3) is 0.769. The van der Waals surface area contributed by atoms with Crippen molar-refractivity contribution in [2.75, 3.05) is 13.2 Å². The van der Waals surface area contributed by atoms with Crippen LogP contribution in [0.1, 0.15) is 0 Å². The summed E-state index contributed by atoms with van der Waals surface area (Å²) >= 11 is 0. The molecule has 0 aromatic heterocycles. The fourth-order valence-electron chi connectivity index (χ4n) is 1.46. The van der Waals surface area contributed by atoms with Crippen molar-refractivity contribution in [2.45, 2.75) is 24.4 Å². The number of hydrogen-bond acceptors (Lipinski definition) is 4. The molecule has 0 bridgehead atoms. The highest BCUT2D eigenvalue weighted by molar-refractivity contribution is 4.93. The van der Waals surface area contributed by atoms with Crippen LogP contribution < -0.4 is 0 Å². The predicted octanol–water partition coefficient (Wildman–Crippen LogP) is -1.49. The zero-order valence-corrected chi connectivity index (χ0v) is 5.43. The van der Waals surface area contributed by atoms with E-state index in [1.807, 2.05) is 0 Å². The van der Waals surface area contributed by atoms with Crippen molar-refractivity contribution in [3.63, 3.8) is 0 Å². The van der Waals surface area contributed by atoms with Gasteiger partial charge in [-0.25, -0.2) is 0 Å². The third-order valence-corrected chi connectivity index (χ3v) is 2.00. The Kier molecular flexibility index (Phi) is 1.42. The molecular formula is C6H10O4. The molecule has 2 rings (SSSR count). The second-order valence-electron chi connectivity index (χ2n) is 2.73. The Balaban J connectivity index is 2.09. The van der Waals surface area contributed by atoms with Crippen molar-refractivity contribution in [3.8, 4) is 0 Å². The van der Waals surface area contributed by atoms with Gasteiger partial charge in [-0.15, -0.1) is 0 Å². The molecule has 4 nitrogen and oxygen atoms in total. The summed E-state index contributed by atoms with van der Waals surface area (Å²) in [6.45, 7) is 0.568. The smallest absolute Gasteiger partial charge is 0.114 e. The van der Waals surface area contributed by atoms with Crippen molar-refractivity contribution in [3.05, 3.63) is 0 Å². The first kappa shape index (κ1) is 6.54. The van der Waals surface area contributed by atoms with Gasteiger partial charge in [0.05, 0.1) is 13.2 Å². The van der Waals surface area contributed by atoms with E-state index in [1.54, 1.807) is 0 Å². The van der Waals surface area contributed by atoms with Crippen molar-refractivity contribution in [1.29, 1.82) is 0 Å². The van der Waals surface area contributed by atoms with Crippen LogP contribution in [-0.2, 0) is 9.47 Å². The molecule has 10 heavy (non-hydrogen) atoms. The monoisotopic (exact) mass is 146 g/mol. The van der Waals surface area contributed by atoms with Crippen LogP contribution in [0.15, 0.2) is 0 Å². The fraction of sp³-hybridized carbons (Fsp3) is 1.00. The van der Waals surface area contributed by atoms with Crippen LogP contribution in [0.5, 0.6) is 0 Å². The van der Waals surface area contributed by atoms with Crippen molar-refractivity contribution < 1.29 is 19.7 Å². The molecule has 2 heterocycles. The average Bonchev–Trinajstić information content (AvgIpc) is 2.41. The molecule has 0 spiro atoms. The summed E-state index contributed by atoms with van der Waals surface area (Å²) < 4.78 is 10.2. The molecule has 2 aliphatic heterocycles. The molecule has 1 unspecified atom stereocenters. The number of fused-ring (bicyclic) bond motifs is 1. The number of aliphatic hydroxyl groups excluding tert-OH is 2. The number of hydrogen-bond donors (Lipinski definition) is 2. The number of aliphatic hydroxyl groups is 2. The highest BCUT2D eigenvalue weighted by Crippen LogP contribution is 2.26. The van der Waals surface area contributed by atoms with Gasteiger partial charge in [0.25, 0.3) is 0 Å². The molecule has 0 aliphatic carbocycles. The van der Waals surface area contributed by atoms with Gasteiger partial charge in [0, 0.05) is 0 Å². The summed E-state index contributed by atoms with van der Waals surface area (Å²) in [6.07, 6.45) is -1.70. The third-order valence-electron chi connectivity index (χ3n) is 2.00. The molecule has 4 heteroatoms. The van der Waals surface area contributed by atoms with Gasteiger partial charge in [-0.1, -0.05) is 0 Å². The minimum absolute atomic E-state index is 0.284. The molecule has 58 valence electrons. The molecule has 0 aromatic carbocycles. The number of ether oxygens (including phenoxy) is 2. The first-order valence-electron chi connectivity index (χ1n) is 3.38. The van der Waals surface area contributed by atoms with E-state index >= 15 is 0 Å². The minimum Gasteiger partial charge on any atom is -0.388 e.